The van der Waals surface area contributed by atoms with Gasteiger partial charge < -0.3 is 15.7 Å². The van der Waals surface area contributed by atoms with Gasteiger partial charge in [-0.15, -0.1) is 0 Å². The van der Waals surface area contributed by atoms with E-state index in [1.165, 1.54) is 0 Å². The molecular weight excluding hydrogens is 356 g/mol. The van der Waals surface area contributed by atoms with Crippen molar-refractivity contribution in [2.75, 3.05) is 10.6 Å². The van der Waals surface area contributed by atoms with Gasteiger partial charge in [0.25, 0.3) is 5.91 Å². The molecule has 2 rings (SSSR count). The van der Waals surface area contributed by atoms with Crippen molar-refractivity contribution in [2.24, 2.45) is 0 Å². The highest BCUT2D eigenvalue weighted by Crippen LogP contribution is 2.23. The van der Waals surface area contributed by atoms with Gasteiger partial charge in [0, 0.05) is 29.8 Å². The summed E-state index contributed by atoms with van der Waals surface area (Å²) in [5.74, 6) is -1.42. The van der Waals surface area contributed by atoms with Gasteiger partial charge in [-0.25, -0.2) is 0 Å². The highest BCUT2D eigenvalue weighted by atomic mass is 16.4. The maximum Gasteiger partial charge on any atom is 0.303 e. The van der Waals surface area contributed by atoms with E-state index >= 15 is 0 Å². The van der Waals surface area contributed by atoms with Crippen LogP contribution in [0.15, 0.2) is 48.5 Å². The first-order valence-electron chi connectivity index (χ1n) is 9.19. The first-order valence-corrected chi connectivity index (χ1v) is 9.19. The lowest BCUT2D eigenvalue weighted by Gasteiger charge is -2.19. The molecule has 6 heteroatoms. The standard InChI is InChI=1S/C22H26N2O4/c1-22(2,3)16-12-10-15(11-13-16)21(28)24-18-7-4-6-17(14-18)23-19(25)8-5-9-20(26)27/h4,6-7,10-14H,5,8-9H2,1-3H3,(H,23,25)(H,24,28)(H,26,27). The molecule has 0 aliphatic heterocycles. The number of rotatable bonds is 7. The minimum absolute atomic E-state index is 0.0199. The van der Waals surface area contributed by atoms with E-state index in [1.54, 1.807) is 36.4 Å². The summed E-state index contributed by atoms with van der Waals surface area (Å²) in [5, 5.41) is 14.1. The SMILES string of the molecule is CC(C)(C)c1ccc(C(=O)Nc2cccc(NC(=O)CCCC(=O)O)c2)cc1. The van der Waals surface area contributed by atoms with Gasteiger partial charge in [-0.05, 0) is 47.7 Å². The zero-order chi connectivity index (χ0) is 20.7. The van der Waals surface area contributed by atoms with E-state index in [4.69, 9.17) is 5.11 Å². The molecule has 0 spiro atoms. The fourth-order valence-corrected chi connectivity index (χ4v) is 2.62. The molecule has 148 valence electrons. The Bertz CT molecular complexity index is 852. The molecule has 0 atom stereocenters. The zero-order valence-electron chi connectivity index (χ0n) is 16.4. The second-order valence-electron chi connectivity index (χ2n) is 7.66. The lowest BCUT2D eigenvalue weighted by atomic mass is 9.87. The first-order chi connectivity index (χ1) is 13.1. The summed E-state index contributed by atoms with van der Waals surface area (Å²) in [4.78, 5) is 34.8. The molecule has 3 N–H and O–H groups in total. The Hall–Kier alpha value is -3.15. The predicted molar refractivity (Wildman–Crippen MR) is 110 cm³/mol. The van der Waals surface area contributed by atoms with E-state index in [2.05, 4.69) is 31.4 Å². The third-order valence-electron chi connectivity index (χ3n) is 4.21. The van der Waals surface area contributed by atoms with Gasteiger partial charge in [0.15, 0.2) is 0 Å². The average Bonchev–Trinajstić information content (AvgIpc) is 2.61. The number of carbonyl (C=O) groups is 3. The molecule has 6 nitrogen and oxygen atoms in total. The smallest absolute Gasteiger partial charge is 0.303 e. The van der Waals surface area contributed by atoms with Crippen molar-refractivity contribution in [3.05, 3.63) is 59.7 Å². The van der Waals surface area contributed by atoms with Crippen LogP contribution in [0.4, 0.5) is 11.4 Å². The summed E-state index contributed by atoms with van der Waals surface area (Å²) in [6.07, 6.45) is 0.364. The van der Waals surface area contributed by atoms with Crippen LogP contribution in [-0.4, -0.2) is 22.9 Å². The summed E-state index contributed by atoms with van der Waals surface area (Å²) in [7, 11) is 0. The fraction of sp³-hybridized carbons (Fsp3) is 0.318. The third-order valence-corrected chi connectivity index (χ3v) is 4.21. The number of hydrogen-bond acceptors (Lipinski definition) is 3. The van der Waals surface area contributed by atoms with E-state index in [-0.39, 0.29) is 36.5 Å². The van der Waals surface area contributed by atoms with Crippen LogP contribution >= 0.6 is 0 Å². The summed E-state index contributed by atoms with van der Waals surface area (Å²) in [5.41, 5.74) is 2.83. The maximum atomic E-state index is 12.5. The topological polar surface area (TPSA) is 95.5 Å². The number of benzene rings is 2. The molecule has 0 saturated heterocycles. The van der Waals surface area contributed by atoms with Crippen LogP contribution < -0.4 is 10.6 Å². The van der Waals surface area contributed by atoms with Gasteiger partial charge in [-0.3, -0.25) is 14.4 Å². The van der Waals surface area contributed by atoms with Gasteiger partial charge in [-0.1, -0.05) is 39.0 Å². The fourth-order valence-electron chi connectivity index (χ4n) is 2.62. The van der Waals surface area contributed by atoms with E-state index in [0.717, 1.165) is 5.56 Å². The minimum atomic E-state index is -0.923. The molecule has 0 saturated carbocycles. The van der Waals surface area contributed by atoms with Crippen molar-refractivity contribution in [2.45, 2.75) is 45.4 Å². The lowest BCUT2D eigenvalue weighted by molar-refractivity contribution is -0.137. The summed E-state index contributed by atoms with van der Waals surface area (Å²) < 4.78 is 0. The van der Waals surface area contributed by atoms with Crippen LogP contribution in [0.5, 0.6) is 0 Å². The van der Waals surface area contributed by atoms with E-state index in [0.29, 0.717) is 16.9 Å². The lowest BCUT2D eigenvalue weighted by Crippen LogP contribution is -2.15. The number of hydrogen-bond donors (Lipinski definition) is 3. The number of carboxylic acid groups (broad SMARTS) is 1. The summed E-state index contributed by atoms with van der Waals surface area (Å²) in [6, 6.07) is 14.3. The van der Waals surface area contributed by atoms with Crippen molar-refractivity contribution in [1.29, 1.82) is 0 Å². The number of amides is 2. The van der Waals surface area contributed by atoms with E-state index in [1.807, 2.05) is 12.1 Å². The predicted octanol–water partition coefficient (Wildman–Crippen LogP) is 4.43. The number of nitrogens with one attached hydrogen (secondary N) is 2. The molecular formula is C22H26N2O4. The number of anilines is 2. The molecule has 2 amide bonds. The third kappa shape index (κ3) is 6.54. The number of aliphatic carboxylic acids is 1. The largest absolute Gasteiger partial charge is 0.481 e. The van der Waals surface area contributed by atoms with Gasteiger partial charge in [0.1, 0.15) is 0 Å². The molecule has 2 aromatic rings. The first kappa shape index (κ1) is 21.2. The Morgan fingerprint density at radius 3 is 2.07 bits per heavy atom. The molecule has 0 aliphatic carbocycles. The van der Waals surface area contributed by atoms with Crippen molar-refractivity contribution >= 4 is 29.2 Å². The van der Waals surface area contributed by atoms with Gasteiger partial charge in [0.2, 0.25) is 5.91 Å². The van der Waals surface area contributed by atoms with Crippen molar-refractivity contribution in [3.8, 4) is 0 Å². The molecule has 0 bridgehead atoms. The molecule has 0 radical (unpaired) electrons. The molecule has 0 fully saturated rings. The van der Waals surface area contributed by atoms with Gasteiger partial charge >= 0.3 is 5.97 Å². The molecule has 2 aromatic carbocycles. The van der Waals surface area contributed by atoms with Gasteiger partial charge in [-0.2, -0.15) is 0 Å². The van der Waals surface area contributed by atoms with E-state index < -0.39 is 5.97 Å². The maximum absolute atomic E-state index is 12.5. The van der Waals surface area contributed by atoms with Crippen molar-refractivity contribution in [1.82, 2.24) is 0 Å². The zero-order valence-corrected chi connectivity index (χ0v) is 16.4. The second-order valence-corrected chi connectivity index (χ2v) is 7.66. The van der Waals surface area contributed by atoms with Crippen molar-refractivity contribution < 1.29 is 19.5 Å². The minimum Gasteiger partial charge on any atom is -0.481 e. The Labute approximate surface area is 165 Å². The molecule has 28 heavy (non-hydrogen) atoms. The Morgan fingerprint density at radius 2 is 1.50 bits per heavy atom. The Balaban J connectivity index is 1.97. The highest BCUT2D eigenvalue weighted by Gasteiger charge is 2.14. The number of carboxylic acids is 1. The van der Waals surface area contributed by atoms with E-state index in [9.17, 15) is 14.4 Å². The normalized spacial score (nSPS) is 11.0. The number of carbonyl (C=O) groups excluding carboxylic acids is 2. The average molecular weight is 382 g/mol. The highest BCUT2D eigenvalue weighted by molar-refractivity contribution is 6.04. The summed E-state index contributed by atoms with van der Waals surface area (Å²) in [6.45, 7) is 6.34. The second kappa shape index (κ2) is 9.17. The molecule has 0 unspecified atom stereocenters. The Morgan fingerprint density at radius 1 is 0.893 bits per heavy atom. The molecule has 0 aromatic heterocycles. The van der Waals surface area contributed by atoms with Crippen molar-refractivity contribution in [3.63, 3.8) is 0 Å². The van der Waals surface area contributed by atoms with Crippen LogP contribution in [0.1, 0.15) is 56.0 Å². The Kier molecular flexibility index (Phi) is 6.93. The monoisotopic (exact) mass is 382 g/mol. The van der Waals surface area contributed by atoms with Crippen LogP contribution in [0.25, 0.3) is 0 Å². The van der Waals surface area contributed by atoms with Crippen LogP contribution in [0.3, 0.4) is 0 Å². The molecule has 0 heterocycles. The van der Waals surface area contributed by atoms with Crippen LogP contribution in [-0.2, 0) is 15.0 Å². The quantitative estimate of drug-likeness (QED) is 0.660. The van der Waals surface area contributed by atoms with Crippen LogP contribution in [0.2, 0.25) is 0 Å². The van der Waals surface area contributed by atoms with Crippen LogP contribution in [0, 0.1) is 0 Å². The summed E-state index contributed by atoms with van der Waals surface area (Å²) >= 11 is 0. The van der Waals surface area contributed by atoms with Gasteiger partial charge in [0.05, 0.1) is 0 Å². The molecule has 0 aliphatic rings.